The van der Waals surface area contributed by atoms with Crippen LogP contribution >= 0.6 is 0 Å². The molecule has 1 aromatic heterocycles. The first-order chi connectivity index (χ1) is 14.7. The topological polar surface area (TPSA) is 46.9 Å². The number of carbonyl (C=O) groups is 1. The molecule has 4 rings (SSSR count). The van der Waals surface area contributed by atoms with E-state index in [1.165, 1.54) is 56.9 Å². The lowest BCUT2D eigenvalue weighted by Gasteiger charge is -2.29. The summed E-state index contributed by atoms with van der Waals surface area (Å²) < 4.78 is 1.92. The van der Waals surface area contributed by atoms with E-state index in [9.17, 15) is 4.79 Å². The van der Waals surface area contributed by atoms with Crippen molar-refractivity contribution in [2.45, 2.75) is 64.2 Å². The molecule has 1 amide bonds. The molecule has 3 aromatic rings. The average molecular weight is 404 g/mol. The Bertz CT molecular complexity index is 981. The molecule has 1 heterocycles. The Hall–Kier alpha value is -2.62. The van der Waals surface area contributed by atoms with Crippen LogP contribution in [0.2, 0.25) is 0 Å². The van der Waals surface area contributed by atoms with Crippen LogP contribution in [0.15, 0.2) is 48.5 Å². The number of aryl methyl sites for hydroxylation is 1. The lowest BCUT2D eigenvalue weighted by Crippen LogP contribution is -2.16. The second-order valence-electron chi connectivity index (χ2n) is 8.77. The fourth-order valence-corrected chi connectivity index (χ4v) is 4.81. The summed E-state index contributed by atoms with van der Waals surface area (Å²) in [5.74, 6) is 2.03. The van der Waals surface area contributed by atoms with Crippen LogP contribution in [0.3, 0.4) is 0 Å². The normalized spacial score (nSPS) is 19.1. The Morgan fingerprint density at radius 1 is 1.03 bits per heavy atom. The first-order valence-electron chi connectivity index (χ1n) is 11.5. The number of rotatable bonds is 7. The molecule has 0 bridgehead atoms. The highest BCUT2D eigenvalue weighted by Crippen LogP contribution is 2.37. The minimum absolute atomic E-state index is 0.111. The molecule has 0 aliphatic heterocycles. The number of aromatic nitrogens is 2. The molecule has 30 heavy (non-hydrogen) atoms. The molecule has 1 aliphatic rings. The summed E-state index contributed by atoms with van der Waals surface area (Å²) >= 11 is 0. The maximum atomic E-state index is 12.7. The minimum atomic E-state index is -0.111. The summed E-state index contributed by atoms with van der Waals surface area (Å²) in [7, 11) is 1.92. The van der Waals surface area contributed by atoms with Gasteiger partial charge >= 0.3 is 0 Å². The van der Waals surface area contributed by atoms with E-state index in [1.807, 2.05) is 48.0 Å². The summed E-state index contributed by atoms with van der Waals surface area (Å²) in [5.41, 5.74) is 3.95. The van der Waals surface area contributed by atoms with Crippen molar-refractivity contribution in [3.05, 3.63) is 59.7 Å². The number of benzene rings is 2. The van der Waals surface area contributed by atoms with Crippen molar-refractivity contribution < 1.29 is 4.79 Å². The lowest BCUT2D eigenvalue weighted by atomic mass is 9.77. The Kier molecular flexibility index (Phi) is 6.51. The van der Waals surface area contributed by atoms with E-state index >= 15 is 0 Å². The SMILES string of the molecule is CCCCCC1CCC(c2ccc(C(=O)Nc3nc4ccccc4n3C)cc2)CC1. The van der Waals surface area contributed by atoms with Crippen molar-refractivity contribution in [3.63, 3.8) is 0 Å². The van der Waals surface area contributed by atoms with Gasteiger partial charge in [-0.15, -0.1) is 0 Å². The molecular weight excluding hydrogens is 370 g/mol. The molecule has 2 aromatic carbocycles. The largest absolute Gasteiger partial charge is 0.313 e. The third-order valence-corrected chi connectivity index (χ3v) is 6.72. The van der Waals surface area contributed by atoms with E-state index in [2.05, 4.69) is 29.4 Å². The standard InChI is InChI=1S/C26H33N3O/c1-3-4-5-8-19-11-13-20(14-12-19)21-15-17-22(18-16-21)25(30)28-26-27-23-9-6-7-10-24(23)29(26)2/h6-7,9-10,15-20H,3-5,8,11-14H2,1-2H3,(H,27,28,30). The number of anilines is 1. The van der Waals surface area contributed by atoms with Crippen LogP contribution in [0.4, 0.5) is 5.95 Å². The second-order valence-corrected chi connectivity index (χ2v) is 8.77. The van der Waals surface area contributed by atoms with E-state index < -0.39 is 0 Å². The monoisotopic (exact) mass is 403 g/mol. The number of carbonyl (C=O) groups excluding carboxylic acids is 1. The third kappa shape index (κ3) is 4.58. The maximum absolute atomic E-state index is 12.7. The minimum Gasteiger partial charge on any atom is -0.313 e. The molecule has 158 valence electrons. The third-order valence-electron chi connectivity index (χ3n) is 6.72. The fourth-order valence-electron chi connectivity index (χ4n) is 4.81. The number of amides is 1. The van der Waals surface area contributed by atoms with Gasteiger partial charge in [0, 0.05) is 12.6 Å². The molecule has 0 unspecified atom stereocenters. The second kappa shape index (κ2) is 9.46. The Labute approximate surface area is 179 Å². The van der Waals surface area contributed by atoms with Gasteiger partial charge in [0.2, 0.25) is 5.95 Å². The van der Waals surface area contributed by atoms with Crippen molar-refractivity contribution >= 4 is 22.9 Å². The molecule has 4 heteroatoms. The molecule has 0 atom stereocenters. The van der Waals surface area contributed by atoms with E-state index in [0.717, 1.165) is 17.0 Å². The number of fused-ring (bicyclic) bond motifs is 1. The zero-order chi connectivity index (χ0) is 20.9. The number of hydrogen-bond donors (Lipinski definition) is 1. The predicted octanol–water partition coefficient (Wildman–Crippen LogP) is 6.68. The van der Waals surface area contributed by atoms with Crippen molar-refractivity contribution in [3.8, 4) is 0 Å². The van der Waals surface area contributed by atoms with Crippen LogP contribution in [0, 0.1) is 5.92 Å². The maximum Gasteiger partial charge on any atom is 0.257 e. The van der Waals surface area contributed by atoms with E-state index in [4.69, 9.17) is 0 Å². The van der Waals surface area contributed by atoms with Crippen molar-refractivity contribution in [2.24, 2.45) is 13.0 Å². The summed E-state index contributed by atoms with van der Waals surface area (Å²) in [6.07, 6.45) is 10.7. The lowest BCUT2D eigenvalue weighted by molar-refractivity contribution is 0.102. The average Bonchev–Trinajstić information content (AvgIpc) is 3.10. The van der Waals surface area contributed by atoms with Gasteiger partial charge in [0.15, 0.2) is 0 Å². The van der Waals surface area contributed by atoms with Crippen molar-refractivity contribution in [1.29, 1.82) is 0 Å². The van der Waals surface area contributed by atoms with Crippen LogP contribution in [0.5, 0.6) is 0 Å². The van der Waals surface area contributed by atoms with Gasteiger partial charge in [-0.2, -0.15) is 0 Å². The molecule has 0 saturated heterocycles. The highest BCUT2D eigenvalue weighted by Gasteiger charge is 2.22. The van der Waals surface area contributed by atoms with E-state index in [0.29, 0.717) is 17.4 Å². The number of unbranched alkanes of at least 4 members (excludes halogenated alkanes) is 2. The quantitative estimate of drug-likeness (QED) is 0.447. The van der Waals surface area contributed by atoms with Crippen LogP contribution < -0.4 is 5.32 Å². The van der Waals surface area contributed by atoms with Gasteiger partial charge in [-0.1, -0.05) is 56.9 Å². The summed E-state index contributed by atoms with van der Waals surface area (Å²) in [4.78, 5) is 17.3. The molecule has 0 spiro atoms. The number of hydrogen-bond acceptors (Lipinski definition) is 2. The Morgan fingerprint density at radius 3 is 2.47 bits per heavy atom. The van der Waals surface area contributed by atoms with Gasteiger partial charge in [-0.05, 0) is 67.3 Å². The van der Waals surface area contributed by atoms with Gasteiger partial charge in [0.25, 0.3) is 5.91 Å². The number of imidazole rings is 1. The number of nitrogens with zero attached hydrogens (tertiary/aromatic N) is 2. The molecule has 1 N–H and O–H groups in total. The molecule has 4 nitrogen and oxygen atoms in total. The number of para-hydroxylation sites is 2. The van der Waals surface area contributed by atoms with Gasteiger partial charge < -0.3 is 4.57 Å². The summed E-state index contributed by atoms with van der Waals surface area (Å²) in [6, 6.07) is 16.1. The summed E-state index contributed by atoms with van der Waals surface area (Å²) in [6.45, 7) is 2.28. The van der Waals surface area contributed by atoms with Crippen LogP contribution in [-0.2, 0) is 7.05 Å². The zero-order valence-electron chi connectivity index (χ0n) is 18.2. The van der Waals surface area contributed by atoms with Crippen LogP contribution in [-0.4, -0.2) is 15.5 Å². The highest BCUT2D eigenvalue weighted by atomic mass is 16.1. The molecular formula is C26H33N3O. The fraction of sp³-hybridized carbons (Fsp3) is 0.462. The number of nitrogens with one attached hydrogen (secondary N) is 1. The zero-order valence-corrected chi connectivity index (χ0v) is 18.2. The smallest absolute Gasteiger partial charge is 0.257 e. The first kappa shape index (κ1) is 20.6. The predicted molar refractivity (Wildman–Crippen MR) is 124 cm³/mol. The van der Waals surface area contributed by atoms with E-state index in [1.54, 1.807) is 0 Å². The van der Waals surface area contributed by atoms with Crippen LogP contribution in [0.1, 0.15) is 80.1 Å². The van der Waals surface area contributed by atoms with Crippen molar-refractivity contribution in [2.75, 3.05) is 5.32 Å². The molecule has 1 fully saturated rings. The molecule has 1 saturated carbocycles. The highest BCUT2D eigenvalue weighted by molar-refractivity contribution is 6.04. The van der Waals surface area contributed by atoms with Gasteiger partial charge in [0.1, 0.15) is 0 Å². The first-order valence-corrected chi connectivity index (χ1v) is 11.5. The molecule has 1 aliphatic carbocycles. The van der Waals surface area contributed by atoms with Gasteiger partial charge in [-0.3, -0.25) is 10.1 Å². The van der Waals surface area contributed by atoms with Gasteiger partial charge in [-0.25, -0.2) is 4.98 Å². The molecule has 0 radical (unpaired) electrons. The van der Waals surface area contributed by atoms with Gasteiger partial charge in [0.05, 0.1) is 11.0 Å². The van der Waals surface area contributed by atoms with E-state index in [-0.39, 0.29) is 5.91 Å². The summed E-state index contributed by atoms with van der Waals surface area (Å²) in [5, 5.41) is 2.96. The van der Waals surface area contributed by atoms with Crippen molar-refractivity contribution in [1.82, 2.24) is 9.55 Å². The Balaban J connectivity index is 1.35. The Morgan fingerprint density at radius 2 is 1.77 bits per heavy atom. The van der Waals surface area contributed by atoms with Crippen LogP contribution in [0.25, 0.3) is 11.0 Å².